The van der Waals surface area contributed by atoms with E-state index in [1.54, 1.807) is 6.08 Å². The van der Waals surface area contributed by atoms with Gasteiger partial charge in [0.05, 0.1) is 12.7 Å². The second-order valence-corrected chi connectivity index (χ2v) is 5.04. The molecule has 1 rings (SSSR count). The zero-order chi connectivity index (χ0) is 13.6. The van der Waals surface area contributed by atoms with Gasteiger partial charge in [0, 0.05) is 6.42 Å². The molecule has 1 aliphatic rings. The number of carbonyl (C=O) groups is 1. The Hall–Kier alpha value is -1.27. The van der Waals surface area contributed by atoms with Crippen molar-refractivity contribution in [2.24, 2.45) is 5.41 Å². The van der Waals surface area contributed by atoms with Crippen LogP contribution < -0.4 is 0 Å². The Balaban J connectivity index is 3.24. The minimum Gasteiger partial charge on any atom is -0.468 e. The van der Waals surface area contributed by atoms with Crippen molar-refractivity contribution in [3.8, 4) is 12.3 Å². The van der Waals surface area contributed by atoms with E-state index in [4.69, 9.17) is 11.2 Å². The van der Waals surface area contributed by atoms with Crippen molar-refractivity contribution in [3.63, 3.8) is 0 Å². The Bertz CT molecular complexity index is 355. The fourth-order valence-corrected chi connectivity index (χ4v) is 3.02. The largest absolute Gasteiger partial charge is 0.468 e. The topological polar surface area (TPSA) is 46.5 Å². The van der Waals surface area contributed by atoms with E-state index < -0.39 is 17.0 Å². The molecule has 0 heterocycles. The second kappa shape index (κ2) is 6.06. The Morgan fingerprint density at radius 2 is 2.17 bits per heavy atom. The van der Waals surface area contributed by atoms with Crippen LogP contribution in [-0.2, 0) is 9.53 Å². The molecule has 1 fully saturated rings. The lowest BCUT2D eigenvalue weighted by Gasteiger charge is -2.43. The molecule has 18 heavy (non-hydrogen) atoms. The van der Waals surface area contributed by atoms with Gasteiger partial charge in [-0.15, -0.1) is 18.9 Å². The van der Waals surface area contributed by atoms with Gasteiger partial charge in [-0.3, -0.25) is 4.79 Å². The highest BCUT2D eigenvalue weighted by Gasteiger charge is 2.55. The predicted molar refractivity (Wildman–Crippen MR) is 70.7 cm³/mol. The third kappa shape index (κ3) is 2.44. The van der Waals surface area contributed by atoms with Gasteiger partial charge < -0.3 is 9.84 Å². The van der Waals surface area contributed by atoms with Crippen molar-refractivity contribution in [2.45, 2.75) is 50.5 Å². The third-order valence-corrected chi connectivity index (χ3v) is 4.05. The maximum absolute atomic E-state index is 12.2. The molecule has 100 valence electrons. The van der Waals surface area contributed by atoms with Crippen LogP contribution in [0.1, 0.15) is 44.9 Å². The number of methoxy groups -OCH3 is 1. The summed E-state index contributed by atoms with van der Waals surface area (Å²) in [7, 11) is 1.35. The average Bonchev–Trinajstić information content (AvgIpc) is 2.51. The molecular weight excluding hydrogens is 228 g/mol. The summed E-state index contributed by atoms with van der Waals surface area (Å²) in [5, 5.41) is 10.9. The summed E-state index contributed by atoms with van der Waals surface area (Å²) in [5.74, 6) is 2.14. The number of hydrogen-bond donors (Lipinski definition) is 1. The maximum atomic E-state index is 12.2. The molecular formula is C15H22O3. The van der Waals surface area contributed by atoms with Crippen LogP contribution in [0, 0.1) is 17.8 Å². The van der Waals surface area contributed by atoms with E-state index in [-0.39, 0.29) is 6.42 Å². The molecule has 2 atom stereocenters. The van der Waals surface area contributed by atoms with Gasteiger partial charge in [-0.1, -0.05) is 25.3 Å². The first kappa shape index (κ1) is 14.8. The standard InChI is InChI=1S/C15H22O3/c1-4-9-14(13(16)18-3)11-7-6-8-12-15(14,17)10-5-2/h1,5,17H,2,6-12H2,3H3/t14-,15+/m0/s1. The minimum atomic E-state index is -1.13. The normalized spacial score (nSPS) is 32.1. The lowest BCUT2D eigenvalue weighted by Crippen LogP contribution is -2.53. The minimum absolute atomic E-state index is 0.212. The maximum Gasteiger partial charge on any atom is 0.315 e. The first-order valence-corrected chi connectivity index (χ1v) is 6.41. The summed E-state index contributed by atoms with van der Waals surface area (Å²) in [4.78, 5) is 12.2. The molecule has 0 amide bonds. The number of ether oxygens (including phenoxy) is 1. The zero-order valence-electron chi connectivity index (χ0n) is 11.1. The molecule has 1 N–H and O–H groups in total. The second-order valence-electron chi connectivity index (χ2n) is 5.04. The summed E-state index contributed by atoms with van der Waals surface area (Å²) >= 11 is 0. The average molecular weight is 250 g/mol. The van der Waals surface area contributed by atoms with Crippen LogP contribution >= 0.6 is 0 Å². The van der Waals surface area contributed by atoms with Crippen molar-refractivity contribution in [2.75, 3.05) is 7.11 Å². The van der Waals surface area contributed by atoms with Crippen molar-refractivity contribution < 1.29 is 14.6 Å². The van der Waals surface area contributed by atoms with E-state index in [0.29, 0.717) is 19.3 Å². The number of carbonyl (C=O) groups excluding carboxylic acids is 1. The van der Waals surface area contributed by atoms with Gasteiger partial charge in [-0.05, 0) is 19.3 Å². The number of esters is 1. The fourth-order valence-electron chi connectivity index (χ4n) is 3.02. The van der Waals surface area contributed by atoms with Gasteiger partial charge in [0.15, 0.2) is 0 Å². The van der Waals surface area contributed by atoms with E-state index in [1.165, 1.54) is 7.11 Å². The Morgan fingerprint density at radius 3 is 2.72 bits per heavy atom. The van der Waals surface area contributed by atoms with E-state index >= 15 is 0 Å². The van der Waals surface area contributed by atoms with Crippen molar-refractivity contribution in [1.29, 1.82) is 0 Å². The summed E-state index contributed by atoms with van der Waals surface area (Å²) in [6.45, 7) is 3.68. The SMILES string of the molecule is C#CC[C@@]1(C(=O)OC)CCCCC[C@]1(O)CC=C. The van der Waals surface area contributed by atoms with Gasteiger partial charge >= 0.3 is 5.97 Å². The third-order valence-electron chi connectivity index (χ3n) is 4.05. The van der Waals surface area contributed by atoms with Gasteiger partial charge in [-0.2, -0.15) is 0 Å². The fraction of sp³-hybridized carbons (Fsp3) is 0.667. The number of hydrogen-bond acceptors (Lipinski definition) is 3. The Labute approximate surface area is 109 Å². The molecule has 0 aliphatic heterocycles. The molecule has 0 radical (unpaired) electrons. The van der Waals surface area contributed by atoms with Gasteiger partial charge in [-0.25, -0.2) is 0 Å². The lowest BCUT2D eigenvalue weighted by molar-refractivity contribution is -0.174. The molecule has 0 aromatic carbocycles. The summed E-state index contributed by atoms with van der Waals surface area (Å²) in [6.07, 6.45) is 11.6. The number of aliphatic hydroxyl groups is 1. The monoisotopic (exact) mass is 250 g/mol. The molecule has 0 saturated heterocycles. The van der Waals surface area contributed by atoms with Crippen molar-refractivity contribution in [3.05, 3.63) is 12.7 Å². The van der Waals surface area contributed by atoms with E-state index in [9.17, 15) is 9.90 Å². The predicted octanol–water partition coefficient (Wildman–Crippen LogP) is 2.44. The van der Waals surface area contributed by atoms with Crippen molar-refractivity contribution >= 4 is 5.97 Å². The zero-order valence-corrected chi connectivity index (χ0v) is 11.1. The van der Waals surface area contributed by atoms with Crippen LogP contribution in [-0.4, -0.2) is 23.8 Å². The van der Waals surface area contributed by atoms with E-state index in [1.807, 2.05) is 0 Å². The molecule has 1 aliphatic carbocycles. The quantitative estimate of drug-likeness (QED) is 0.361. The molecule has 3 nitrogen and oxygen atoms in total. The first-order valence-electron chi connectivity index (χ1n) is 6.41. The van der Waals surface area contributed by atoms with Crippen LogP contribution in [0.2, 0.25) is 0 Å². The molecule has 1 saturated carbocycles. The highest BCUT2D eigenvalue weighted by atomic mass is 16.5. The molecule has 0 spiro atoms. The van der Waals surface area contributed by atoms with Crippen LogP contribution in [0.5, 0.6) is 0 Å². The molecule has 0 aromatic rings. The first-order chi connectivity index (χ1) is 8.56. The van der Waals surface area contributed by atoms with Crippen molar-refractivity contribution in [1.82, 2.24) is 0 Å². The highest BCUT2D eigenvalue weighted by molar-refractivity contribution is 5.79. The molecule has 0 aromatic heterocycles. The summed E-state index contributed by atoms with van der Waals surface area (Å²) in [5.41, 5.74) is -2.12. The van der Waals surface area contributed by atoms with E-state index in [2.05, 4.69) is 12.5 Å². The smallest absolute Gasteiger partial charge is 0.315 e. The van der Waals surface area contributed by atoms with Gasteiger partial charge in [0.2, 0.25) is 0 Å². The van der Waals surface area contributed by atoms with Crippen LogP contribution in [0.3, 0.4) is 0 Å². The Morgan fingerprint density at radius 1 is 1.50 bits per heavy atom. The van der Waals surface area contributed by atoms with Gasteiger partial charge in [0.25, 0.3) is 0 Å². The summed E-state index contributed by atoms with van der Waals surface area (Å²) in [6, 6.07) is 0. The van der Waals surface area contributed by atoms with E-state index in [0.717, 1.165) is 19.3 Å². The van der Waals surface area contributed by atoms with Gasteiger partial charge in [0.1, 0.15) is 5.41 Å². The van der Waals surface area contributed by atoms with Crippen LogP contribution in [0.4, 0.5) is 0 Å². The highest BCUT2D eigenvalue weighted by Crippen LogP contribution is 2.48. The number of rotatable bonds is 4. The molecule has 0 bridgehead atoms. The number of terminal acetylenes is 1. The summed E-state index contributed by atoms with van der Waals surface area (Å²) < 4.78 is 4.91. The van der Waals surface area contributed by atoms with Crippen LogP contribution in [0.15, 0.2) is 12.7 Å². The molecule has 0 unspecified atom stereocenters. The van der Waals surface area contributed by atoms with Crippen LogP contribution in [0.25, 0.3) is 0 Å². The molecule has 3 heteroatoms. The Kier molecular flexibility index (Phi) is 4.98. The lowest BCUT2D eigenvalue weighted by atomic mass is 9.65.